The molecule has 1 saturated heterocycles. The summed E-state index contributed by atoms with van der Waals surface area (Å²) in [4.78, 5) is 1.82. The third kappa shape index (κ3) is 4.13. The molecule has 2 nitrogen and oxygen atoms in total. The van der Waals surface area contributed by atoms with Crippen LogP contribution in [-0.2, 0) is 4.74 Å². The van der Waals surface area contributed by atoms with Gasteiger partial charge in [-0.2, -0.15) is 0 Å². The summed E-state index contributed by atoms with van der Waals surface area (Å²) in [6.45, 7) is 1.06. The average Bonchev–Trinajstić information content (AvgIpc) is 2.10. The van der Waals surface area contributed by atoms with Crippen molar-refractivity contribution in [3.8, 4) is 0 Å². The molecule has 0 aromatic rings. The van der Waals surface area contributed by atoms with Crippen LogP contribution in [0.5, 0.6) is 0 Å². The fraction of sp³-hybridized carbons (Fsp3) is 1.00. The van der Waals surface area contributed by atoms with E-state index in [9.17, 15) is 13.2 Å². The molecule has 0 aliphatic carbocycles. The van der Waals surface area contributed by atoms with Gasteiger partial charge in [0.05, 0.1) is 6.10 Å². The lowest BCUT2D eigenvalue weighted by atomic mass is 10.3. The number of rotatable bonds is 1. The van der Waals surface area contributed by atoms with Crippen molar-refractivity contribution in [1.82, 2.24) is 4.90 Å². The molecular formula is C6H11ClF3NO. The molecule has 1 aliphatic rings. The Balaban J connectivity index is 0.00000121. The normalized spacial score (nSPS) is 25.5. The van der Waals surface area contributed by atoms with Crippen molar-refractivity contribution in [2.45, 2.75) is 18.9 Å². The monoisotopic (exact) mass is 205 g/mol. The molecule has 0 spiro atoms. The number of nitrogens with zero attached hydrogens (tertiary/aromatic N) is 1. The molecule has 0 amide bonds. The molecule has 0 aromatic carbocycles. The summed E-state index contributed by atoms with van der Waals surface area (Å²) in [5, 5.41) is 0. The van der Waals surface area contributed by atoms with E-state index in [1.54, 1.807) is 7.05 Å². The number of alkyl halides is 3. The Morgan fingerprint density at radius 2 is 2.00 bits per heavy atom. The van der Waals surface area contributed by atoms with E-state index < -0.39 is 12.5 Å². The van der Waals surface area contributed by atoms with Crippen LogP contribution in [0.3, 0.4) is 0 Å². The van der Waals surface area contributed by atoms with Gasteiger partial charge in [0.25, 0.3) is 0 Å². The van der Waals surface area contributed by atoms with E-state index in [1.165, 1.54) is 0 Å². The van der Waals surface area contributed by atoms with Crippen molar-refractivity contribution < 1.29 is 17.9 Å². The van der Waals surface area contributed by atoms with Gasteiger partial charge in [0, 0.05) is 13.1 Å². The number of hydrogen-bond donors (Lipinski definition) is 0. The predicted molar refractivity (Wildman–Crippen MR) is 40.3 cm³/mol. The van der Waals surface area contributed by atoms with Crippen LogP contribution in [-0.4, -0.2) is 37.5 Å². The van der Waals surface area contributed by atoms with Crippen LogP contribution < -0.4 is 0 Å². The van der Waals surface area contributed by atoms with Crippen LogP contribution in [0.1, 0.15) is 6.42 Å². The second kappa shape index (κ2) is 4.30. The van der Waals surface area contributed by atoms with E-state index in [4.69, 9.17) is 0 Å². The second-order valence-corrected chi connectivity index (χ2v) is 2.74. The zero-order valence-corrected chi connectivity index (χ0v) is 7.41. The van der Waals surface area contributed by atoms with Crippen molar-refractivity contribution in [1.29, 1.82) is 0 Å². The third-order valence-corrected chi connectivity index (χ3v) is 1.65. The molecular weight excluding hydrogens is 195 g/mol. The van der Waals surface area contributed by atoms with Gasteiger partial charge in [-0.25, -0.2) is 0 Å². The highest BCUT2D eigenvalue weighted by Crippen LogP contribution is 2.22. The van der Waals surface area contributed by atoms with Gasteiger partial charge in [-0.15, -0.1) is 25.6 Å². The lowest BCUT2D eigenvalue weighted by molar-refractivity contribution is -0.340. The molecule has 0 saturated carbocycles. The maximum absolute atomic E-state index is 11.6. The Labute approximate surface area is 75.1 Å². The Morgan fingerprint density at radius 1 is 1.42 bits per heavy atom. The average molecular weight is 206 g/mol. The van der Waals surface area contributed by atoms with Gasteiger partial charge in [-0.3, -0.25) is 4.74 Å². The standard InChI is InChI=1S/C6H10F3NO.ClH/c1-10-3-2-5(4-10)11-6(7,8)9;/h5H,2-4H2,1H3;1H. The van der Waals surface area contributed by atoms with Crippen molar-refractivity contribution in [3.05, 3.63) is 0 Å². The van der Waals surface area contributed by atoms with Crippen molar-refractivity contribution in [3.63, 3.8) is 0 Å². The minimum absolute atomic E-state index is 0. The first-order chi connectivity index (χ1) is 4.97. The van der Waals surface area contributed by atoms with E-state index in [1.807, 2.05) is 4.90 Å². The van der Waals surface area contributed by atoms with Gasteiger partial charge in [0.1, 0.15) is 0 Å². The smallest absolute Gasteiger partial charge is 0.304 e. The summed E-state index contributed by atoms with van der Waals surface area (Å²) in [6, 6.07) is 0. The number of hydrogen-bond acceptors (Lipinski definition) is 2. The molecule has 1 unspecified atom stereocenters. The topological polar surface area (TPSA) is 12.5 Å². The van der Waals surface area contributed by atoms with Crippen LogP contribution in [0.4, 0.5) is 13.2 Å². The molecule has 12 heavy (non-hydrogen) atoms. The first kappa shape index (κ1) is 12.0. The molecule has 1 rings (SSSR count). The Bertz CT molecular complexity index is 141. The Hall–Kier alpha value is -0.0000000000000000555. The number of likely N-dealkylation sites (N-methyl/N-ethyl adjacent to an activating group) is 1. The van der Waals surface area contributed by atoms with Crippen LogP contribution in [0.2, 0.25) is 0 Å². The van der Waals surface area contributed by atoms with E-state index in [0.29, 0.717) is 19.5 Å². The van der Waals surface area contributed by atoms with Gasteiger partial charge in [0.15, 0.2) is 0 Å². The fourth-order valence-corrected chi connectivity index (χ4v) is 1.18. The maximum atomic E-state index is 11.6. The third-order valence-electron chi connectivity index (χ3n) is 1.65. The second-order valence-electron chi connectivity index (χ2n) is 2.74. The summed E-state index contributed by atoms with van der Waals surface area (Å²) in [5.74, 6) is 0. The minimum atomic E-state index is -4.48. The fourth-order valence-electron chi connectivity index (χ4n) is 1.18. The SMILES string of the molecule is CN1CCC(OC(F)(F)F)C1.Cl. The van der Waals surface area contributed by atoms with Crippen LogP contribution in [0.25, 0.3) is 0 Å². The predicted octanol–water partition coefficient (Wildman–Crippen LogP) is 1.65. The molecule has 0 N–H and O–H groups in total. The lowest BCUT2D eigenvalue weighted by Crippen LogP contribution is -2.26. The molecule has 74 valence electrons. The first-order valence-electron chi connectivity index (χ1n) is 3.40. The summed E-state index contributed by atoms with van der Waals surface area (Å²) in [6.07, 6.45) is -4.67. The maximum Gasteiger partial charge on any atom is 0.522 e. The van der Waals surface area contributed by atoms with Gasteiger partial charge >= 0.3 is 6.36 Å². The van der Waals surface area contributed by atoms with E-state index >= 15 is 0 Å². The van der Waals surface area contributed by atoms with E-state index in [-0.39, 0.29) is 12.4 Å². The number of ether oxygens (including phenoxy) is 1. The molecule has 1 fully saturated rings. The molecule has 1 aliphatic heterocycles. The largest absolute Gasteiger partial charge is 0.522 e. The van der Waals surface area contributed by atoms with E-state index in [2.05, 4.69) is 4.74 Å². The summed E-state index contributed by atoms with van der Waals surface area (Å²) >= 11 is 0. The summed E-state index contributed by atoms with van der Waals surface area (Å²) < 4.78 is 38.6. The van der Waals surface area contributed by atoms with Crippen LogP contribution in [0.15, 0.2) is 0 Å². The van der Waals surface area contributed by atoms with Crippen LogP contribution in [0, 0.1) is 0 Å². The highest BCUT2D eigenvalue weighted by molar-refractivity contribution is 5.85. The Kier molecular flexibility index (Phi) is 4.30. The molecule has 1 heterocycles. The van der Waals surface area contributed by atoms with Crippen molar-refractivity contribution >= 4 is 12.4 Å². The molecule has 0 radical (unpaired) electrons. The van der Waals surface area contributed by atoms with Gasteiger partial charge in [-0.1, -0.05) is 0 Å². The van der Waals surface area contributed by atoms with Gasteiger partial charge in [0.2, 0.25) is 0 Å². The van der Waals surface area contributed by atoms with Crippen molar-refractivity contribution in [2.75, 3.05) is 20.1 Å². The quantitative estimate of drug-likeness (QED) is 0.646. The highest BCUT2D eigenvalue weighted by atomic mass is 35.5. The lowest BCUT2D eigenvalue weighted by Gasteiger charge is -2.13. The van der Waals surface area contributed by atoms with Gasteiger partial charge in [-0.05, 0) is 13.5 Å². The Morgan fingerprint density at radius 3 is 2.33 bits per heavy atom. The minimum Gasteiger partial charge on any atom is -0.304 e. The van der Waals surface area contributed by atoms with E-state index in [0.717, 1.165) is 0 Å². The summed E-state index contributed by atoms with van der Waals surface area (Å²) in [5.41, 5.74) is 0. The molecule has 6 heteroatoms. The molecule has 0 bridgehead atoms. The van der Waals surface area contributed by atoms with Crippen LogP contribution >= 0.6 is 12.4 Å². The zero-order chi connectivity index (χ0) is 8.48. The molecule has 1 atom stereocenters. The first-order valence-corrected chi connectivity index (χ1v) is 3.40. The van der Waals surface area contributed by atoms with Crippen molar-refractivity contribution in [2.24, 2.45) is 0 Å². The van der Waals surface area contributed by atoms with Gasteiger partial charge < -0.3 is 4.90 Å². The molecule has 0 aromatic heterocycles. The number of halogens is 4. The number of likely N-dealkylation sites (tertiary alicyclic amines) is 1. The highest BCUT2D eigenvalue weighted by Gasteiger charge is 2.35. The zero-order valence-electron chi connectivity index (χ0n) is 6.60. The summed E-state index contributed by atoms with van der Waals surface area (Å²) in [7, 11) is 1.78.